The van der Waals surface area contributed by atoms with Crippen molar-refractivity contribution in [1.82, 2.24) is 5.32 Å². The van der Waals surface area contributed by atoms with Crippen LogP contribution < -0.4 is 10.5 Å². The molecule has 138 valence electrons. The normalized spacial score (nSPS) is 14.7. The molecule has 0 aromatic heterocycles. The molecule has 0 saturated heterocycles. The number of rotatable bonds is 6. The van der Waals surface area contributed by atoms with Gasteiger partial charge in [0.2, 0.25) is 15.9 Å². The van der Waals surface area contributed by atoms with Gasteiger partial charge in [-0.05, 0) is 67.1 Å². The van der Waals surface area contributed by atoms with E-state index in [-0.39, 0.29) is 16.8 Å². The van der Waals surface area contributed by atoms with Crippen LogP contribution in [0.2, 0.25) is 0 Å². The number of hydrogen-bond acceptors (Lipinski definition) is 4. The van der Waals surface area contributed by atoms with Gasteiger partial charge in [0.05, 0.1) is 16.7 Å². The molecule has 0 fully saturated rings. The maximum Gasteiger partial charge on any atom is 0.238 e. The predicted molar refractivity (Wildman–Crippen MR) is 104 cm³/mol. The summed E-state index contributed by atoms with van der Waals surface area (Å²) in [4.78, 5) is 13.4. The number of nitrogens with one attached hydrogen (secondary N) is 1. The smallest absolute Gasteiger partial charge is 0.238 e. The van der Waals surface area contributed by atoms with Gasteiger partial charge >= 0.3 is 0 Å². The summed E-state index contributed by atoms with van der Waals surface area (Å²) in [5, 5.41) is 8.03. The molecule has 0 saturated carbocycles. The minimum atomic E-state index is -3.70. The number of aryl methyl sites for hydroxylation is 2. The van der Waals surface area contributed by atoms with E-state index in [1.54, 1.807) is 12.1 Å². The molecule has 1 amide bonds. The summed E-state index contributed by atoms with van der Waals surface area (Å²) < 4.78 is 22.6. The van der Waals surface area contributed by atoms with E-state index >= 15 is 0 Å². The van der Waals surface area contributed by atoms with Gasteiger partial charge in [0.25, 0.3) is 0 Å². The van der Waals surface area contributed by atoms with Gasteiger partial charge in [0, 0.05) is 4.90 Å². The fourth-order valence-electron chi connectivity index (χ4n) is 3.10. The van der Waals surface area contributed by atoms with Crippen molar-refractivity contribution in [3.8, 4) is 0 Å². The zero-order valence-electron chi connectivity index (χ0n) is 14.6. The summed E-state index contributed by atoms with van der Waals surface area (Å²) in [6.07, 6.45) is 3.50. The van der Waals surface area contributed by atoms with Crippen LogP contribution in [-0.4, -0.2) is 20.1 Å². The van der Waals surface area contributed by atoms with E-state index < -0.39 is 10.0 Å². The number of fused-ring (bicyclic) bond motifs is 1. The van der Waals surface area contributed by atoms with Gasteiger partial charge in [-0.1, -0.05) is 18.2 Å². The Balaban J connectivity index is 1.54. The van der Waals surface area contributed by atoms with Crippen molar-refractivity contribution in [3.63, 3.8) is 0 Å². The number of primary sulfonamides is 1. The Morgan fingerprint density at radius 2 is 1.85 bits per heavy atom. The molecule has 5 nitrogen and oxygen atoms in total. The van der Waals surface area contributed by atoms with Gasteiger partial charge in [-0.15, -0.1) is 11.8 Å². The van der Waals surface area contributed by atoms with E-state index in [1.807, 2.05) is 6.92 Å². The molecule has 2 aromatic carbocycles. The van der Waals surface area contributed by atoms with E-state index in [0.717, 1.165) is 23.3 Å². The lowest BCUT2D eigenvalue weighted by Gasteiger charge is -2.15. The van der Waals surface area contributed by atoms with Gasteiger partial charge in [0.15, 0.2) is 0 Å². The monoisotopic (exact) mass is 390 g/mol. The highest BCUT2D eigenvalue weighted by Gasteiger charge is 2.14. The van der Waals surface area contributed by atoms with Crippen LogP contribution in [0.5, 0.6) is 0 Å². The molecule has 26 heavy (non-hydrogen) atoms. The van der Waals surface area contributed by atoms with Crippen molar-refractivity contribution in [2.24, 2.45) is 5.14 Å². The van der Waals surface area contributed by atoms with E-state index in [4.69, 9.17) is 5.14 Å². The lowest BCUT2D eigenvalue weighted by atomic mass is 10.1. The lowest BCUT2D eigenvalue weighted by molar-refractivity contribution is -0.119. The maximum atomic E-state index is 12.2. The quantitative estimate of drug-likeness (QED) is 0.742. The first kappa shape index (κ1) is 18.9. The van der Waals surface area contributed by atoms with E-state index in [2.05, 4.69) is 23.5 Å². The Kier molecular flexibility index (Phi) is 5.70. The predicted octanol–water partition coefficient (Wildman–Crippen LogP) is 2.79. The number of benzene rings is 2. The zero-order valence-corrected chi connectivity index (χ0v) is 16.2. The number of amides is 1. The number of carbonyl (C=O) groups is 1. The Hall–Kier alpha value is -1.83. The molecule has 3 rings (SSSR count). The van der Waals surface area contributed by atoms with Crippen molar-refractivity contribution in [1.29, 1.82) is 0 Å². The van der Waals surface area contributed by atoms with Gasteiger partial charge in [-0.25, -0.2) is 13.6 Å². The van der Waals surface area contributed by atoms with Crippen LogP contribution in [0.3, 0.4) is 0 Å². The first-order valence-corrected chi connectivity index (χ1v) is 11.0. The molecule has 0 radical (unpaired) electrons. The van der Waals surface area contributed by atoms with Crippen LogP contribution in [0.1, 0.15) is 36.1 Å². The number of nitrogens with two attached hydrogens (primary N) is 1. The third kappa shape index (κ3) is 4.66. The molecule has 1 aliphatic carbocycles. The van der Waals surface area contributed by atoms with Crippen molar-refractivity contribution >= 4 is 27.7 Å². The highest BCUT2D eigenvalue weighted by Crippen LogP contribution is 2.27. The molecule has 0 bridgehead atoms. The molecule has 1 atom stereocenters. The topological polar surface area (TPSA) is 89.3 Å². The Bertz CT molecular complexity index is 909. The van der Waals surface area contributed by atoms with Crippen LogP contribution in [0.4, 0.5) is 0 Å². The summed E-state index contributed by atoms with van der Waals surface area (Å²) in [6, 6.07) is 12.5. The van der Waals surface area contributed by atoms with Gasteiger partial charge in [-0.2, -0.15) is 0 Å². The average molecular weight is 391 g/mol. The highest BCUT2D eigenvalue weighted by molar-refractivity contribution is 8.00. The molecular formula is C19H22N2O3S2. The summed E-state index contributed by atoms with van der Waals surface area (Å²) in [6.45, 7) is 1.86. The Morgan fingerprint density at radius 3 is 2.54 bits per heavy atom. The Labute approximate surface area is 158 Å². The largest absolute Gasteiger partial charge is 0.349 e. The first-order valence-electron chi connectivity index (χ1n) is 8.49. The second kappa shape index (κ2) is 7.82. The lowest BCUT2D eigenvalue weighted by Crippen LogP contribution is -2.28. The second-order valence-electron chi connectivity index (χ2n) is 6.48. The molecule has 3 N–H and O–H groups in total. The SMILES string of the molecule is C[C@@H](NC(=O)CSc1ccc2c(c1)CCC2)c1ccc(S(N)(=O)=O)cc1. The summed E-state index contributed by atoms with van der Waals surface area (Å²) in [5.41, 5.74) is 3.65. The Morgan fingerprint density at radius 1 is 1.15 bits per heavy atom. The van der Waals surface area contributed by atoms with E-state index in [1.165, 1.54) is 41.4 Å². The highest BCUT2D eigenvalue weighted by atomic mass is 32.2. The molecule has 0 unspecified atom stereocenters. The number of hydrogen-bond donors (Lipinski definition) is 2. The van der Waals surface area contributed by atoms with Crippen LogP contribution in [0.25, 0.3) is 0 Å². The standard InChI is InChI=1S/C19H22N2O3S2/c1-13(14-6-9-18(10-7-14)26(20,23)24)21-19(22)12-25-17-8-5-15-3-2-4-16(15)11-17/h5-11,13H,2-4,12H2,1H3,(H,21,22)(H2,20,23,24)/t13-/m1/s1. The van der Waals surface area contributed by atoms with Crippen molar-refractivity contribution in [2.45, 2.75) is 42.0 Å². The summed E-state index contributed by atoms with van der Waals surface area (Å²) >= 11 is 1.53. The van der Waals surface area contributed by atoms with Crippen molar-refractivity contribution in [3.05, 3.63) is 59.2 Å². The number of carbonyl (C=O) groups excluding carboxylic acids is 1. The fourth-order valence-corrected chi connectivity index (χ4v) is 4.39. The average Bonchev–Trinajstić information content (AvgIpc) is 3.07. The van der Waals surface area contributed by atoms with E-state index in [0.29, 0.717) is 5.75 Å². The zero-order chi connectivity index (χ0) is 18.7. The molecule has 0 heterocycles. The molecule has 2 aromatic rings. The van der Waals surface area contributed by atoms with Crippen LogP contribution in [-0.2, 0) is 27.7 Å². The van der Waals surface area contributed by atoms with E-state index in [9.17, 15) is 13.2 Å². The van der Waals surface area contributed by atoms with Crippen molar-refractivity contribution in [2.75, 3.05) is 5.75 Å². The van der Waals surface area contributed by atoms with Gasteiger partial charge in [-0.3, -0.25) is 4.79 Å². The minimum Gasteiger partial charge on any atom is -0.349 e. The minimum absolute atomic E-state index is 0.0569. The maximum absolute atomic E-state index is 12.2. The van der Waals surface area contributed by atoms with Crippen LogP contribution in [0.15, 0.2) is 52.3 Å². The molecule has 0 spiro atoms. The van der Waals surface area contributed by atoms with Gasteiger partial charge in [0.1, 0.15) is 0 Å². The number of thioether (sulfide) groups is 1. The van der Waals surface area contributed by atoms with Crippen LogP contribution in [0, 0.1) is 0 Å². The van der Waals surface area contributed by atoms with Gasteiger partial charge < -0.3 is 5.32 Å². The van der Waals surface area contributed by atoms with Crippen molar-refractivity contribution < 1.29 is 13.2 Å². The summed E-state index contributed by atoms with van der Waals surface area (Å²) in [5.74, 6) is 0.289. The molecule has 7 heteroatoms. The molecule has 0 aliphatic heterocycles. The fraction of sp³-hybridized carbons (Fsp3) is 0.316. The van der Waals surface area contributed by atoms with Crippen LogP contribution >= 0.6 is 11.8 Å². The number of sulfonamides is 1. The third-order valence-corrected chi connectivity index (χ3v) is 6.45. The first-order chi connectivity index (χ1) is 12.3. The second-order valence-corrected chi connectivity index (χ2v) is 9.09. The third-order valence-electron chi connectivity index (χ3n) is 4.53. The molecular weight excluding hydrogens is 368 g/mol. The summed E-state index contributed by atoms with van der Waals surface area (Å²) in [7, 11) is -3.70. The molecule has 1 aliphatic rings.